The van der Waals surface area contributed by atoms with E-state index in [-0.39, 0.29) is 0 Å². The summed E-state index contributed by atoms with van der Waals surface area (Å²) in [6.07, 6.45) is 7.03. The van der Waals surface area contributed by atoms with Crippen LogP contribution in [0.2, 0.25) is 0 Å². The first kappa shape index (κ1) is 14.3. The van der Waals surface area contributed by atoms with Gasteiger partial charge < -0.3 is 10.9 Å². The van der Waals surface area contributed by atoms with E-state index in [0.29, 0.717) is 18.3 Å². The average Bonchev–Trinajstić information content (AvgIpc) is 2.37. The predicted octanol–water partition coefficient (Wildman–Crippen LogP) is 2.41. The van der Waals surface area contributed by atoms with Gasteiger partial charge in [-0.15, -0.1) is 0 Å². The summed E-state index contributed by atoms with van der Waals surface area (Å²) in [6, 6.07) is 0.438. The van der Waals surface area contributed by atoms with E-state index in [0.717, 1.165) is 12.3 Å². The minimum atomic E-state index is 0.354. The zero-order valence-electron chi connectivity index (χ0n) is 11.2. The van der Waals surface area contributed by atoms with Crippen molar-refractivity contribution in [2.24, 2.45) is 16.8 Å². The van der Waals surface area contributed by atoms with Gasteiger partial charge in [0.15, 0.2) is 0 Å². The first-order valence-electron chi connectivity index (χ1n) is 6.91. The van der Waals surface area contributed by atoms with Crippen LogP contribution < -0.4 is 5.73 Å². The van der Waals surface area contributed by atoms with Crippen LogP contribution in [0.25, 0.3) is 0 Å². The number of nitrogens with zero attached hydrogens (tertiary/aromatic N) is 2. The Balaban J connectivity index is 2.39. The lowest BCUT2D eigenvalue weighted by molar-refractivity contribution is 0.127. The minimum Gasteiger partial charge on any atom is -0.409 e. The lowest BCUT2D eigenvalue weighted by Crippen LogP contribution is -2.43. The molecule has 4 heteroatoms. The van der Waals surface area contributed by atoms with Crippen LogP contribution in [0.1, 0.15) is 52.4 Å². The van der Waals surface area contributed by atoms with E-state index in [1.807, 2.05) is 0 Å². The zero-order chi connectivity index (χ0) is 12.7. The van der Waals surface area contributed by atoms with Gasteiger partial charge in [-0.2, -0.15) is 0 Å². The number of likely N-dealkylation sites (tertiary alicyclic amines) is 1. The number of piperidine rings is 1. The Morgan fingerprint density at radius 3 is 2.53 bits per heavy atom. The van der Waals surface area contributed by atoms with Gasteiger partial charge >= 0.3 is 0 Å². The minimum absolute atomic E-state index is 0.354. The molecule has 0 aliphatic carbocycles. The molecule has 1 rings (SSSR count). The smallest absolute Gasteiger partial charge is 0.140 e. The highest BCUT2D eigenvalue weighted by Crippen LogP contribution is 2.24. The number of hydrogen-bond acceptors (Lipinski definition) is 3. The van der Waals surface area contributed by atoms with Crippen LogP contribution in [-0.4, -0.2) is 35.1 Å². The van der Waals surface area contributed by atoms with Gasteiger partial charge in [-0.05, 0) is 38.3 Å². The first-order chi connectivity index (χ1) is 8.21. The molecule has 1 saturated heterocycles. The maximum absolute atomic E-state index is 8.63. The van der Waals surface area contributed by atoms with Crippen LogP contribution >= 0.6 is 0 Å². The standard InChI is InChI=1S/C13H27N3O/c1-3-5-11-6-8-16(9-7-11)12(4-2)10-13(14)15-17/h11-12,17H,3-10H2,1-2H3,(H2,14,15). The molecule has 1 aliphatic rings. The van der Waals surface area contributed by atoms with E-state index in [1.54, 1.807) is 0 Å². The molecule has 0 aromatic carbocycles. The molecule has 0 saturated carbocycles. The topological polar surface area (TPSA) is 61.8 Å². The van der Waals surface area contributed by atoms with Gasteiger partial charge in [0.05, 0.1) is 0 Å². The third-order valence-corrected chi connectivity index (χ3v) is 3.91. The summed E-state index contributed by atoms with van der Waals surface area (Å²) >= 11 is 0. The van der Waals surface area contributed by atoms with Crippen LogP contribution in [-0.2, 0) is 0 Å². The van der Waals surface area contributed by atoms with Crippen molar-refractivity contribution in [1.82, 2.24) is 4.90 Å². The summed E-state index contributed by atoms with van der Waals surface area (Å²) in [6.45, 7) is 6.77. The van der Waals surface area contributed by atoms with E-state index in [9.17, 15) is 0 Å². The highest BCUT2D eigenvalue weighted by Gasteiger charge is 2.24. The van der Waals surface area contributed by atoms with Gasteiger partial charge in [0.25, 0.3) is 0 Å². The van der Waals surface area contributed by atoms with Crippen LogP contribution in [0.15, 0.2) is 5.16 Å². The average molecular weight is 241 g/mol. The molecule has 0 aromatic rings. The summed E-state index contributed by atoms with van der Waals surface area (Å²) in [4.78, 5) is 2.50. The summed E-state index contributed by atoms with van der Waals surface area (Å²) in [5.74, 6) is 1.27. The molecular formula is C13H27N3O. The normalized spacial score (nSPS) is 21.6. The Bertz CT molecular complexity index is 235. The maximum atomic E-state index is 8.63. The molecule has 0 spiro atoms. The molecule has 1 fully saturated rings. The third kappa shape index (κ3) is 4.54. The van der Waals surface area contributed by atoms with Crippen molar-refractivity contribution >= 4 is 5.84 Å². The second kappa shape index (κ2) is 7.54. The van der Waals surface area contributed by atoms with Gasteiger partial charge in [0.1, 0.15) is 5.84 Å². The summed E-state index contributed by atoms with van der Waals surface area (Å²) in [7, 11) is 0. The number of hydrogen-bond donors (Lipinski definition) is 2. The lowest BCUT2D eigenvalue weighted by Gasteiger charge is -2.37. The van der Waals surface area contributed by atoms with Gasteiger partial charge in [0.2, 0.25) is 0 Å². The number of oxime groups is 1. The highest BCUT2D eigenvalue weighted by molar-refractivity contribution is 5.80. The Morgan fingerprint density at radius 2 is 2.06 bits per heavy atom. The predicted molar refractivity (Wildman–Crippen MR) is 71.3 cm³/mol. The Hall–Kier alpha value is -0.770. The fourth-order valence-corrected chi connectivity index (χ4v) is 2.83. The molecule has 1 unspecified atom stereocenters. The maximum Gasteiger partial charge on any atom is 0.140 e. The molecule has 1 atom stereocenters. The molecule has 100 valence electrons. The van der Waals surface area contributed by atoms with Crippen molar-refractivity contribution in [3.63, 3.8) is 0 Å². The van der Waals surface area contributed by atoms with E-state index in [1.165, 1.54) is 38.8 Å². The zero-order valence-corrected chi connectivity index (χ0v) is 11.2. The second-order valence-corrected chi connectivity index (χ2v) is 5.13. The number of rotatable bonds is 6. The van der Waals surface area contributed by atoms with Gasteiger partial charge in [-0.3, -0.25) is 4.90 Å². The Kier molecular flexibility index (Phi) is 6.34. The van der Waals surface area contributed by atoms with Crippen LogP contribution in [0, 0.1) is 5.92 Å². The van der Waals surface area contributed by atoms with Crippen LogP contribution in [0.3, 0.4) is 0 Å². The molecule has 0 bridgehead atoms. The van der Waals surface area contributed by atoms with Crippen molar-refractivity contribution in [3.8, 4) is 0 Å². The fraction of sp³-hybridized carbons (Fsp3) is 0.923. The van der Waals surface area contributed by atoms with Crippen molar-refractivity contribution in [1.29, 1.82) is 0 Å². The van der Waals surface area contributed by atoms with Crippen molar-refractivity contribution in [3.05, 3.63) is 0 Å². The summed E-state index contributed by atoms with van der Waals surface area (Å²) in [5, 5.41) is 11.7. The molecule has 1 heterocycles. The molecule has 0 aromatic heterocycles. The fourth-order valence-electron chi connectivity index (χ4n) is 2.83. The van der Waals surface area contributed by atoms with Gasteiger partial charge in [0, 0.05) is 12.5 Å². The molecule has 17 heavy (non-hydrogen) atoms. The van der Waals surface area contributed by atoms with Crippen molar-refractivity contribution in [2.75, 3.05) is 13.1 Å². The highest BCUT2D eigenvalue weighted by atomic mass is 16.4. The van der Waals surface area contributed by atoms with E-state index in [2.05, 4.69) is 23.9 Å². The molecular weight excluding hydrogens is 214 g/mol. The quantitative estimate of drug-likeness (QED) is 0.325. The van der Waals surface area contributed by atoms with Gasteiger partial charge in [-0.25, -0.2) is 0 Å². The van der Waals surface area contributed by atoms with Gasteiger partial charge in [-0.1, -0.05) is 31.8 Å². The molecule has 0 radical (unpaired) electrons. The summed E-state index contributed by atoms with van der Waals surface area (Å²) in [5.41, 5.74) is 5.60. The largest absolute Gasteiger partial charge is 0.409 e. The van der Waals surface area contributed by atoms with E-state index < -0.39 is 0 Å². The van der Waals surface area contributed by atoms with Crippen LogP contribution in [0.5, 0.6) is 0 Å². The summed E-state index contributed by atoms with van der Waals surface area (Å²) < 4.78 is 0. The van der Waals surface area contributed by atoms with Crippen molar-refractivity contribution < 1.29 is 5.21 Å². The third-order valence-electron chi connectivity index (χ3n) is 3.91. The molecule has 1 aliphatic heterocycles. The SMILES string of the molecule is CCCC1CCN(C(CC)CC(N)=NO)CC1. The second-order valence-electron chi connectivity index (χ2n) is 5.13. The Morgan fingerprint density at radius 1 is 1.41 bits per heavy atom. The van der Waals surface area contributed by atoms with Crippen LogP contribution in [0.4, 0.5) is 0 Å². The molecule has 4 nitrogen and oxygen atoms in total. The molecule has 0 amide bonds. The monoisotopic (exact) mass is 241 g/mol. The van der Waals surface area contributed by atoms with E-state index in [4.69, 9.17) is 10.9 Å². The first-order valence-corrected chi connectivity index (χ1v) is 6.91. The van der Waals surface area contributed by atoms with Crippen molar-refractivity contribution in [2.45, 2.75) is 58.4 Å². The lowest BCUT2D eigenvalue weighted by atomic mass is 9.91. The molecule has 3 N–H and O–H groups in total. The number of nitrogens with two attached hydrogens (primary N) is 1. The number of amidine groups is 1. The Labute approximate surface area is 105 Å². The van der Waals surface area contributed by atoms with E-state index >= 15 is 0 Å².